The lowest BCUT2D eigenvalue weighted by atomic mass is 10.0. The Morgan fingerprint density at radius 1 is 1.60 bits per heavy atom. The van der Waals surface area contributed by atoms with Crippen molar-refractivity contribution in [3.05, 3.63) is 12.2 Å². The van der Waals surface area contributed by atoms with E-state index in [0.717, 1.165) is 12.3 Å². The predicted octanol–water partition coefficient (Wildman–Crippen LogP) is 1.27. The molecule has 1 atom stereocenters. The zero-order chi connectivity index (χ0) is 7.40. The first kappa shape index (κ1) is 7.76. The minimum atomic E-state index is -0.0649. The van der Waals surface area contributed by atoms with Gasteiger partial charge in [0.25, 0.3) is 0 Å². The molecule has 0 spiro atoms. The van der Waals surface area contributed by atoms with Gasteiger partial charge >= 0.3 is 0 Å². The summed E-state index contributed by atoms with van der Waals surface area (Å²) in [6, 6.07) is 0. The first-order valence-electron chi connectivity index (χ1n) is 3.76. The van der Waals surface area contributed by atoms with Crippen LogP contribution in [0.2, 0.25) is 0 Å². The Labute approximate surface area is 62.1 Å². The molecule has 0 aromatic heterocycles. The maximum absolute atomic E-state index is 5.60. The van der Waals surface area contributed by atoms with E-state index in [2.05, 4.69) is 12.2 Å². The Kier molecular flexibility index (Phi) is 2.90. The Morgan fingerprint density at radius 3 is 2.70 bits per heavy atom. The molecule has 0 saturated carbocycles. The molecule has 0 heterocycles. The summed E-state index contributed by atoms with van der Waals surface area (Å²) in [5.74, 6) is 0.731. The Bertz CT molecular complexity index is 114. The van der Waals surface area contributed by atoms with Gasteiger partial charge in [-0.2, -0.15) is 0 Å². The molecule has 0 amide bonds. The summed E-state index contributed by atoms with van der Waals surface area (Å²) in [5.41, 5.74) is 5.60. The minimum Gasteiger partial charge on any atom is -0.367 e. The second kappa shape index (κ2) is 3.74. The van der Waals surface area contributed by atoms with E-state index in [0.29, 0.717) is 0 Å². The molecule has 58 valence electrons. The van der Waals surface area contributed by atoms with Gasteiger partial charge < -0.3 is 10.5 Å². The fraction of sp³-hybridized carbons (Fsp3) is 0.750. The third kappa shape index (κ3) is 2.12. The molecule has 1 aliphatic rings. The molecule has 0 fully saturated rings. The molecule has 2 nitrogen and oxygen atoms in total. The highest BCUT2D eigenvalue weighted by Crippen LogP contribution is 2.21. The average molecular weight is 141 g/mol. The third-order valence-electron chi connectivity index (χ3n) is 1.97. The van der Waals surface area contributed by atoms with Crippen LogP contribution in [0.4, 0.5) is 0 Å². The lowest BCUT2D eigenvalue weighted by Crippen LogP contribution is -2.24. The Balaban J connectivity index is 2.13. The van der Waals surface area contributed by atoms with Crippen molar-refractivity contribution in [2.75, 3.05) is 7.11 Å². The van der Waals surface area contributed by atoms with E-state index < -0.39 is 0 Å². The van der Waals surface area contributed by atoms with E-state index in [1.807, 2.05) is 0 Å². The van der Waals surface area contributed by atoms with Gasteiger partial charge in [-0.1, -0.05) is 12.2 Å². The average Bonchev–Trinajstić information content (AvgIpc) is 2.40. The third-order valence-corrected chi connectivity index (χ3v) is 1.97. The summed E-state index contributed by atoms with van der Waals surface area (Å²) in [5, 5.41) is 0. The number of methoxy groups -OCH3 is 1. The van der Waals surface area contributed by atoms with Crippen LogP contribution < -0.4 is 5.73 Å². The SMILES string of the molecule is COC(N)CC1CC=CC1. The smallest absolute Gasteiger partial charge is 0.105 e. The molecule has 1 rings (SSSR count). The molecule has 1 unspecified atom stereocenters. The molecule has 2 N–H and O–H groups in total. The molecule has 0 radical (unpaired) electrons. The van der Waals surface area contributed by atoms with Crippen LogP contribution in [0.1, 0.15) is 19.3 Å². The van der Waals surface area contributed by atoms with E-state index in [-0.39, 0.29) is 6.23 Å². The largest absolute Gasteiger partial charge is 0.367 e. The van der Waals surface area contributed by atoms with Crippen molar-refractivity contribution in [1.82, 2.24) is 0 Å². The lowest BCUT2D eigenvalue weighted by molar-refractivity contribution is 0.0870. The number of ether oxygens (including phenoxy) is 1. The normalized spacial score (nSPS) is 21.8. The van der Waals surface area contributed by atoms with Crippen molar-refractivity contribution in [3.8, 4) is 0 Å². The molecule has 0 saturated heterocycles. The summed E-state index contributed by atoms with van der Waals surface area (Å²) in [7, 11) is 1.66. The predicted molar refractivity (Wildman–Crippen MR) is 41.5 cm³/mol. The summed E-state index contributed by atoms with van der Waals surface area (Å²) < 4.78 is 4.96. The van der Waals surface area contributed by atoms with Gasteiger partial charge in [0.2, 0.25) is 0 Å². The first-order valence-corrected chi connectivity index (χ1v) is 3.76. The van der Waals surface area contributed by atoms with Gasteiger partial charge in [0.05, 0.1) is 0 Å². The molecule has 2 heteroatoms. The van der Waals surface area contributed by atoms with Gasteiger partial charge in [-0.15, -0.1) is 0 Å². The highest BCUT2D eigenvalue weighted by molar-refractivity contribution is 4.94. The fourth-order valence-electron chi connectivity index (χ4n) is 1.29. The van der Waals surface area contributed by atoms with Crippen LogP contribution in [0.5, 0.6) is 0 Å². The highest BCUT2D eigenvalue weighted by Gasteiger charge is 2.13. The Hall–Kier alpha value is -0.340. The standard InChI is InChI=1S/C8H15NO/c1-10-8(9)6-7-4-2-3-5-7/h2-3,7-8H,4-6,9H2,1H3. The second-order valence-electron chi connectivity index (χ2n) is 2.82. The topological polar surface area (TPSA) is 35.2 Å². The molecular formula is C8H15NO. The van der Waals surface area contributed by atoms with Crippen LogP contribution in [0.25, 0.3) is 0 Å². The number of nitrogens with two attached hydrogens (primary N) is 1. The summed E-state index contributed by atoms with van der Waals surface area (Å²) in [4.78, 5) is 0. The van der Waals surface area contributed by atoms with E-state index in [1.165, 1.54) is 12.8 Å². The van der Waals surface area contributed by atoms with Crippen LogP contribution in [0.3, 0.4) is 0 Å². The van der Waals surface area contributed by atoms with Crippen molar-refractivity contribution in [2.45, 2.75) is 25.5 Å². The highest BCUT2D eigenvalue weighted by atomic mass is 16.5. The number of allylic oxidation sites excluding steroid dienone is 2. The van der Waals surface area contributed by atoms with Crippen molar-refractivity contribution in [1.29, 1.82) is 0 Å². The molecule has 0 aromatic carbocycles. The van der Waals surface area contributed by atoms with E-state index in [1.54, 1.807) is 7.11 Å². The molecule has 0 bridgehead atoms. The number of rotatable bonds is 3. The van der Waals surface area contributed by atoms with Crippen molar-refractivity contribution < 1.29 is 4.74 Å². The van der Waals surface area contributed by atoms with Crippen LogP contribution >= 0.6 is 0 Å². The van der Waals surface area contributed by atoms with E-state index in [9.17, 15) is 0 Å². The van der Waals surface area contributed by atoms with E-state index in [4.69, 9.17) is 10.5 Å². The van der Waals surface area contributed by atoms with Crippen molar-refractivity contribution >= 4 is 0 Å². The van der Waals surface area contributed by atoms with Gasteiger partial charge in [0.15, 0.2) is 0 Å². The van der Waals surface area contributed by atoms with Crippen LogP contribution in [-0.2, 0) is 4.74 Å². The fourth-order valence-corrected chi connectivity index (χ4v) is 1.29. The molecule has 0 aromatic rings. The second-order valence-corrected chi connectivity index (χ2v) is 2.82. The molecular weight excluding hydrogens is 126 g/mol. The van der Waals surface area contributed by atoms with Crippen molar-refractivity contribution in [3.63, 3.8) is 0 Å². The lowest BCUT2D eigenvalue weighted by Gasteiger charge is -2.13. The Morgan fingerprint density at radius 2 is 2.20 bits per heavy atom. The number of hydrogen-bond acceptors (Lipinski definition) is 2. The van der Waals surface area contributed by atoms with Gasteiger partial charge in [0.1, 0.15) is 6.23 Å². The molecule has 0 aliphatic heterocycles. The monoisotopic (exact) mass is 141 g/mol. The molecule has 1 aliphatic carbocycles. The van der Waals surface area contributed by atoms with E-state index >= 15 is 0 Å². The van der Waals surface area contributed by atoms with Gasteiger partial charge in [-0.05, 0) is 25.2 Å². The first-order chi connectivity index (χ1) is 4.83. The quantitative estimate of drug-likeness (QED) is 0.474. The summed E-state index contributed by atoms with van der Waals surface area (Å²) >= 11 is 0. The van der Waals surface area contributed by atoms with Crippen molar-refractivity contribution in [2.24, 2.45) is 11.7 Å². The molecule has 10 heavy (non-hydrogen) atoms. The zero-order valence-corrected chi connectivity index (χ0v) is 6.42. The summed E-state index contributed by atoms with van der Waals surface area (Å²) in [6.07, 6.45) is 7.71. The maximum atomic E-state index is 5.60. The maximum Gasteiger partial charge on any atom is 0.105 e. The van der Waals surface area contributed by atoms with Crippen LogP contribution in [0.15, 0.2) is 12.2 Å². The minimum absolute atomic E-state index is 0.0649. The summed E-state index contributed by atoms with van der Waals surface area (Å²) in [6.45, 7) is 0. The van der Waals surface area contributed by atoms with Crippen LogP contribution in [-0.4, -0.2) is 13.3 Å². The van der Waals surface area contributed by atoms with Gasteiger partial charge in [-0.25, -0.2) is 0 Å². The van der Waals surface area contributed by atoms with Gasteiger partial charge in [0, 0.05) is 7.11 Å². The van der Waals surface area contributed by atoms with Gasteiger partial charge in [-0.3, -0.25) is 0 Å². The number of hydrogen-bond donors (Lipinski definition) is 1. The van der Waals surface area contributed by atoms with Crippen LogP contribution in [0, 0.1) is 5.92 Å². The zero-order valence-electron chi connectivity index (χ0n) is 6.42.